The van der Waals surface area contributed by atoms with Crippen molar-refractivity contribution in [2.75, 3.05) is 31.2 Å². The molecular weight excluding hydrogens is 200 g/mol. The molecular formula is C8H12N4OS. The lowest BCUT2D eigenvalue weighted by Gasteiger charge is -2.25. The third-order valence-corrected chi connectivity index (χ3v) is 3.13. The lowest BCUT2D eigenvalue weighted by atomic mass is 10.5. The first-order valence-corrected chi connectivity index (χ1v) is 5.22. The molecule has 1 aliphatic heterocycles. The number of hydrogen-bond acceptors (Lipinski definition) is 5. The van der Waals surface area contributed by atoms with Crippen LogP contribution in [0, 0.1) is 5.41 Å². The van der Waals surface area contributed by atoms with E-state index in [1.54, 1.807) is 6.20 Å². The van der Waals surface area contributed by atoms with Crippen LogP contribution < -0.4 is 10.6 Å². The van der Waals surface area contributed by atoms with E-state index in [9.17, 15) is 0 Å². The summed E-state index contributed by atoms with van der Waals surface area (Å²) >= 11 is 1.46. The third kappa shape index (κ3) is 1.85. The molecule has 0 aromatic carbocycles. The quantitative estimate of drug-likeness (QED) is 0.545. The Labute approximate surface area is 86.0 Å². The molecule has 1 aromatic heterocycles. The van der Waals surface area contributed by atoms with E-state index in [1.807, 2.05) is 0 Å². The smallest absolute Gasteiger partial charge is 0.186 e. The van der Waals surface area contributed by atoms with Crippen LogP contribution in [-0.4, -0.2) is 37.1 Å². The number of amidine groups is 1. The van der Waals surface area contributed by atoms with Crippen LogP contribution in [0.1, 0.15) is 4.88 Å². The second kappa shape index (κ2) is 3.93. The molecule has 14 heavy (non-hydrogen) atoms. The number of anilines is 1. The molecule has 0 spiro atoms. The van der Waals surface area contributed by atoms with Gasteiger partial charge in [0.25, 0.3) is 0 Å². The van der Waals surface area contributed by atoms with Gasteiger partial charge in [0, 0.05) is 13.1 Å². The number of nitrogens with one attached hydrogen (secondary N) is 1. The van der Waals surface area contributed by atoms with E-state index >= 15 is 0 Å². The number of nitrogen functional groups attached to an aromatic ring is 1. The molecule has 76 valence electrons. The molecule has 0 radical (unpaired) electrons. The predicted molar refractivity (Wildman–Crippen MR) is 56.2 cm³/mol. The van der Waals surface area contributed by atoms with E-state index in [4.69, 9.17) is 15.9 Å². The minimum atomic E-state index is 0.0852. The summed E-state index contributed by atoms with van der Waals surface area (Å²) in [4.78, 5) is 7.11. The van der Waals surface area contributed by atoms with E-state index in [2.05, 4.69) is 9.88 Å². The van der Waals surface area contributed by atoms with Gasteiger partial charge in [0.2, 0.25) is 0 Å². The molecule has 0 atom stereocenters. The second-order valence-electron chi connectivity index (χ2n) is 3.02. The predicted octanol–water partition coefficient (Wildman–Crippen LogP) is 0.264. The zero-order chi connectivity index (χ0) is 9.97. The van der Waals surface area contributed by atoms with Crippen LogP contribution in [-0.2, 0) is 4.74 Å². The number of morpholine rings is 1. The standard InChI is InChI=1S/C8H12N4OS/c9-7(10)6-5-11-8(14-6)12-1-3-13-4-2-12/h5H,1-4H2,(H3,9,10). The monoisotopic (exact) mass is 212 g/mol. The van der Waals surface area contributed by atoms with Crippen LogP contribution in [0.3, 0.4) is 0 Å². The summed E-state index contributed by atoms with van der Waals surface area (Å²) in [5.41, 5.74) is 5.37. The van der Waals surface area contributed by atoms with Crippen molar-refractivity contribution < 1.29 is 4.74 Å². The Balaban J connectivity index is 2.11. The Morgan fingerprint density at radius 1 is 1.57 bits per heavy atom. The highest BCUT2D eigenvalue weighted by Gasteiger charge is 2.14. The maximum atomic E-state index is 7.27. The van der Waals surface area contributed by atoms with Crippen molar-refractivity contribution in [3.63, 3.8) is 0 Å². The zero-order valence-electron chi connectivity index (χ0n) is 7.69. The average Bonchev–Trinajstić information content (AvgIpc) is 2.68. The van der Waals surface area contributed by atoms with Crippen LogP contribution in [0.5, 0.6) is 0 Å². The number of aromatic nitrogens is 1. The molecule has 6 heteroatoms. The summed E-state index contributed by atoms with van der Waals surface area (Å²) < 4.78 is 5.24. The summed E-state index contributed by atoms with van der Waals surface area (Å²) in [5, 5.41) is 8.20. The van der Waals surface area contributed by atoms with Crippen LogP contribution >= 0.6 is 11.3 Å². The summed E-state index contributed by atoms with van der Waals surface area (Å²) in [7, 11) is 0. The maximum absolute atomic E-state index is 7.27. The fourth-order valence-corrected chi connectivity index (χ4v) is 2.12. The van der Waals surface area contributed by atoms with Crippen molar-refractivity contribution in [1.82, 2.24) is 4.98 Å². The lowest BCUT2D eigenvalue weighted by molar-refractivity contribution is 0.122. The normalized spacial score (nSPS) is 17.0. The van der Waals surface area contributed by atoms with Crippen LogP contribution in [0.4, 0.5) is 5.13 Å². The third-order valence-electron chi connectivity index (χ3n) is 2.04. The van der Waals surface area contributed by atoms with Crippen molar-refractivity contribution in [1.29, 1.82) is 5.41 Å². The van der Waals surface area contributed by atoms with E-state index in [0.29, 0.717) is 0 Å². The Bertz CT molecular complexity index is 332. The number of ether oxygens (including phenoxy) is 1. The fraction of sp³-hybridized carbons (Fsp3) is 0.500. The molecule has 1 aromatic rings. The van der Waals surface area contributed by atoms with Gasteiger partial charge in [0.05, 0.1) is 24.3 Å². The van der Waals surface area contributed by atoms with Crippen molar-refractivity contribution in [3.8, 4) is 0 Å². The molecule has 5 nitrogen and oxygen atoms in total. The van der Waals surface area contributed by atoms with E-state index in [-0.39, 0.29) is 5.84 Å². The molecule has 0 aliphatic carbocycles. The van der Waals surface area contributed by atoms with Crippen molar-refractivity contribution >= 4 is 22.3 Å². The van der Waals surface area contributed by atoms with Gasteiger partial charge in [-0.25, -0.2) is 4.98 Å². The van der Waals surface area contributed by atoms with Gasteiger partial charge in [-0.05, 0) is 0 Å². The SMILES string of the molecule is N=C(N)c1cnc(N2CCOCC2)s1. The first-order valence-electron chi connectivity index (χ1n) is 4.40. The van der Waals surface area contributed by atoms with E-state index < -0.39 is 0 Å². The first-order chi connectivity index (χ1) is 6.77. The molecule has 1 saturated heterocycles. The van der Waals surface area contributed by atoms with Gasteiger partial charge in [-0.3, -0.25) is 5.41 Å². The highest BCUT2D eigenvalue weighted by atomic mass is 32.1. The van der Waals surface area contributed by atoms with Crippen molar-refractivity contribution in [2.45, 2.75) is 0 Å². The average molecular weight is 212 g/mol. The summed E-state index contributed by atoms with van der Waals surface area (Å²) in [6, 6.07) is 0. The fourth-order valence-electron chi connectivity index (χ4n) is 1.29. The molecule has 0 saturated carbocycles. The van der Waals surface area contributed by atoms with E-state index in [1.165, 1.54) is 11.3 Å². The van der Waals surface area contributed by atoms with Gasteiger partial charge in [0.15, 0.2) is 5.13 Å². The highest BCUT2D eigenvalue weighted by Crippen LogP contribution is 2.22. The van der Waals surface area contributed by atoms with Gasteiger partial charge < -0.3 is 15.4 Å². The van der Waals surface area contributed by atoms with Gasteiger partial charge >= 0.3 is 0 Å². The molecule has 0 unspecified atom stereocenters. The molecule has 1 fully saturated rings. The van der Waals surface area contributed by atoms with E-state index in [0.717, 1.165) is 36.3 Å². The lowest BCUT2D eigenvalue weighted by Crippen LogP contribution is -2.36. The Morgan fingerprint density at radius 2 is 2.29 bits per heavy atom. The Hall–Kier alpha value is -1.14. The molecule has 3 N–H and O–H groups in total. The van der Waals surface area contributed by atoms with Crippen molar-refractivity contribution in [3.05, 3.63) is 11.1 Å². The topological polar surface area (TPSA) is 75.2 Å². The highest BCUT2D eigenvalue weighted by molar-refractivity contribution is 7.17. The maximum Gasteiger partial charge on any atom is 0.186 e. The minimum absolute atomic E-state index is 0.0852. The number of nitrogens with two attached hydrogens (primary N) is 1. The van der Waals surface area contributed by atoms with Gasteiger partial charge in [-0.2, -0.15) is 0 Å². The number of rotatable bonds is 2. The zero-order valence-corrected chi connectivity index (χ0v) is 8.51. The summed E-state index contributed by atoms with van der Waals surface area (Å²) in [6.07, 6.45) is 1.65. The molecule has 2 heterocycles. The summed E-state index contributed by atoms with van der Waals surface area (Å²) in [5.74, 6) is 0.0852. The minimum Gasteiger partial charge on any atom is -0.383 e. The summed E-state index contributed by atoms with van der Waals surface area (Å²) in [6.45, 7) is 3.22. The molecule has 2 rings (SSSR count). The Morgan fingerprint density at radius 3 is 2.86 bits per heavy atom. The van der Waals surface area contributed by atoms with Crippen LogP contribution in [0.2, 0.25) is 0 Å². The largest absolute Gasteiger partial charge is 0.383 e. The first kappa shape index (κ1) is 9.42. The van der Waals surface area contributed by atoms with Gasteiger partial charge in [0.1, 0.15) is 5.84 Å². The molecule has 0 amide bonds. The van der Waals surface area contributed by atoms with Gasteiger partial charge in [-0.1, -0.05) is 11.3 Å². The van der Waals surface area contributed by atoms with Crippen molar-refractivity contribution in [2.24, 2.45) is 5.73 Å². The molecule has 1 aliphatic rings. The number of hydrogen-bond donors (Lipinski definition) is 2. The van der Waals surface area contributed by atoms with Crippen LogP contribution in [0.15, 0.2) is 6.20 Å². The Kier molecular flexibility index (Phi) is 2.64. The molecule has 0 bridgehead atoms. The van der Waals surface area contributed by atoms with Gasteiger partial charge in [-0.15, -0.1) is 0 Å². The van der Waals surface area contributed by atoms with Crippen LogP contribution in [0.25, 0.3) is 0 Å². The second-order valence-corrected chi connectivity index (χ2v) is 4.03. The number of thiazole rings is 1. The number of nitrogens with zero attached hydrogens (tertiary/aromatic N) is 2.